The van der Waals surface area contributed by atoms with E-state index in [0.717, 1.165) is 88.6 Å². The maximum absolute atomic E-state index is 6.63. The number of furan rings is 2. The second kappa shape index (κ2) is 10.3. The van der Waals surface area contributed by atoms with E-state index in [-0.39, 0.29) is 0 Å². The van der Waals surface area contributed by atoms with E-state index in [1.807, 2.05) is 28.8 Å². The summed E-state index contributed by atoms with van der Waals surface area (Å²) in [6.07, 6.45) is 4.09. The minimum atomic E-state index is 0.844. The van der Waals surface area contributed by atoms with Gasteiger partial charge in [0.05, 0.1) is 5.69 Å². The van der Waals surface area contributed by atoms with Crippen molar-refractivity contribution in [3.63, 3.8) is 0 Å². The molecule has 0 N–H and O–H groups in total. The molecule has 234 valence electrons. The standard InChI is InChI=1S/C45H27N3O2/c1-3-9-34-28(7-1)14-20-38-36-22-18-32(25-41(36)49-44(34)38)48(31-16-12-30(13-17-31)40-27-47-24-6-5-11-43(47)46-40)33-19-23-37-39-21-15-29-8-2-4-10-35(29)45(39)50-42(37)26-33/h1-27H. The molecule has 0 radical (unpaired) electrons. The molecule has 0 spiro atoms. The van der Waals surface area contributed by atoms with Gasteiger partial charge in [-0.05, 0) is 71.4 Å². The van der Waals surface area contributed by atoms with Crippen LogP contribution in [-0.4, -0.2) is 9.38 Å². The first-order valence-electron chi connectivity index (χ1n) is 16.8. The van der Waals surface area contributed by atoms with Crippen molar-refractivity contribution in [2.24, 2.45) is 0 Å². The van der Waals surface area contributed by atoms with E-state index in [1.165, 1.54) is 10.8 Å². The zero-order valence-electron chi connectivity index (χ0n) is 26.7. The lowest BCUT2D eigenvalue weighted by molar-refractivity contribution is 0.672. The molecule has 4 heterocycles. The number of fused-ring (bicyclic) bond motifs is 11. The maximum Gasteiger partial charge on any atom is 0.143 e. The van der Waals surface area contributed by atoms with Gasteiger partial charge in [-0.3, -0.25) is 0 Å². The van der Waals surface area contributed by atoms with Crippen LogP contribution in [0.3, 0.4) is 0 Å². The number of pyridine rings is 1. The number of rotatable bonds is 4. The summed E-state index contributed by atoms with van der Waals surface area (Å²) in [7, 11) is 0. The van der Waals surface area contributed by atoms with Crippen molar-refractivity contribution >= 4 is 88.1 Å². The molecule has 0 amide bonds. The number of hydrogen-bond donors (Lipinski definition) is 0. The highest BCUT2D eigenvalue weighted by molar-refractivity contribution is 6.17. The fraction of sp³-hybridized carbons (Fsp3) is 0. The Labute approximate surface area is 285 Å². The number of hydrogen-bond acceptors (Lipinski definition) is 4. The molecular formula is C45H27N3O2. The number of imidazole rings is 1. The van der Waals surface area contributed by atoms with Gasteiger partial charge >= 0.3 is 0 Å². The van der Waals surface area contributed by atoms with Crippen molar-refractivity contribution in [1.82, 2.24) is 9.38 Å². The molecule has 0 aliphatic carbocycles. The third-order valence-corrected chi connectivity index (χ3v) is 10.00. The van der Waals surface area contributed by atoms with Gasteiger partial charge in [-0.2, -0.15) is 0 Å². The monoisotopic (exact) mass is 641 g/mol. The fourth-order valence-corrected chi connectivity index (χ4v) is 7.57. The molecule has 50 heavy (non-hydrogen) atoms. The molecule has 0 aliphatic heterocycles. The van der Waals surface area contributed by atoms with Crippen LogP contribution < -0.4 is 4.90 Å². The first-order chi connectivity index (χ1) is 24.7. The van der Waals surface area contributed by atoms with Crippen molar-refractivity contribution in [3.8, 4) is 11.3 Å². The van der Waals surface area contributed by atoms with Gasteiger partial charge in [0.1, 0.15) is 28.0 Å². The van der Waals surface area contributed by atoms with Crippen molar-refractivity contribution in [1.29, 1.82) is 0 Å². The van der Waals surface area contributed by atoms with Gasteiger partial charge in [0.15, 0.2) is 0 Å². The summed E-state index contributed by atoms with van der Waals surface area (Å²) in [6, 6.07) is 53.1. The Balaban J connectivity index is 1.09. The third kappa shape index (κ3) is 4.04. The van der Waals surface area contributed by atoms with Gasteiger partial charge in [-0.25, -0.2) is 4.98 Å². The minimum absolute atomic E-state index is 0.844. The number of aromatic nitrogens is 2. The fourth-order valence-electron chi connectivity index (χ4n) is 7.57. The lowest BCUT2D eigenvalue weighted by Crippen LogP contribution is -2.09. The summed E-state index contributed by atoms with van der Waals surface area (Å²) in [5.41, 5.74) is 9.41. The Kier molecular flexibility index (Phi) is 5.60. The zero-order valence-corrected chi connectivity index (χ0v) is 26.7. The van der Waals surface area contributed by atoms with Crippen LogP contribution >= 0.6 is 0 Å². The molecule has 0 fully saturated rings. The van der Waals surface area contributed by atoms with Crippen LogP contribution in [0.4, 0.5) is 17.1 Å². The topological polar surface area (TPSA) is 46.8 Å². The lowest BCUT2D eigenvalue weighted by atomic mass is 10.0. The first-order valence-corrected chi connectivity index (χ1v) is 16.8. The van der Waals surface area contributed by atoms with Crippen LogP contribution in [0.5, 0.6) is 0 Å². The normalized spacial score (nSPS) is 12.0. The van der Waals surface area contributed by atoms with E-state index < -0.39 is 0 Å². The minimum Gasteiger partial charge on any atom is -0.455 e. The smallest absolute Gasteiger partial charge is 0.143 e. The molecule has 0 saturated carbocycles. The molecule has 0 atom stereocenters. The summed E-state index contributed by atoms with van der Waals surface area (Å²) in [5.74, 6) is 0. The van der Waals surface area contributed by atoms with Gasteiger partial charge in [-0.1, -0.05) is 78.9 Å². The average molecular weight is 642 g/mol. The van der Waals surface area contributed by atoms with Gasteiger partial charge < -0.3 is 18.1 Å². The van der Waals surface area contributed by atoms with Crippen LogP contribution in [0.1, 0.15) is 0 Å². The maximum atomic E-state index is 6.63. The zero-order chi connectivity index (χ0) is 32.8. The lowest BCUT2D eigenvalue weighted by Gasteiger charge is -2.25. The van der Waals surface area contributed by atoms with E-state index in [2.05, 4.69) is 145 Å². The third-order valence-electron chi connectivity index (χ3n) is 10.00. The Morgan fingerprint density at radius 3 is 1.60 bits per heavy atom. The molecular weight excluding hydrogens is 615 g/mol. The van der Waals surface area contributed by atoms with E-state index in [9.17, 15) is 0 Å². The van der Waals surface area contributed by atoms with Crippen molar-refractivity contribution < 1.29 is 8.83 Å². The molecule has 0 saturated heterocycles. The van der Waals surface area contributed by atoms with E-state index in [0.29, 0.717) is 0 Å². The van der Waals surface area contributed by atoms with Gasteiger partial charge in [0.2, 0.25) is 0 Å². The van der Waals surface area contributed by atoms with Crippen LogP contribution in [0.25, 0.3) is 82.3 Å². The molecule has 0 aliphatic rings. The largest absolute Gasteiger partial charge is 0.455 e. The Bertz CT molecular complexity index is 2920. The number of nitrogens with zero attached hydrogens (tertiary/aromatic N) is 3. The van der Waals surface area contributed by atoms with Crippen LogP contribution in [0.15, 0.2) is 173 Å². The summed E-state index contributed by atoms with van der Waals surface area (Å²) in [4.78, 5) is 7.12. The second-order valence-electron chi connectivity index (χ2n) is 12.9. The SMILES string of the molecule is c1ccc2c(c1)ccc1c3ccc(N(c4ccc(-c5cn6ccccc6n5)cc4)c4ccc5c(c4)oc4c6ccccc6ccc54)cc3oc21. The number of anilines is 3. The molecule has 5 heteroatoms. The van der Waals surface area contributed by atoms with E-state index >= 15 is 0 Å². The number of benzene rings is 7. The Morgan fingerprint density at radius 2 is 1.00 bits per heavy atom. The molecule has 0 unspecified atom stereocenters. The summed E-state index contributed by atoms with van der Waals surface area (Å²) >= 11 is 0. The summed E-state index contributed by atoms with van der Waals surface area (Å²) in [5, 5.41) is 8.98. The van der Waals surface area contributed by atoms with Crippen molar-refractivity contribution in [2.45, 2.75) is 0 Å². The second-order valence-corrected chi connectivity index (χ2v) is 12.9. The van der Waals surface area contributed by atoms with Crippen LogP contribution in [0, 0.1) is 0 Å². The summed E-state index contributed by atoms with van der Waals surface area (Å²) in [6.45, 7) is 0. The van der Waals surface area contributed by atoms with Gasteiger partial charge in [-0.15, -0.1) is 0 Å². The van der Waals surface area contributed by atoms with Crippen molar-refractivity contribution in [3.05, 3.63) is 164 Å². The average Bonchev–Trinajstić information content (AvgIpc) is 3.88. The Hall–Kier alpha value is -6.85. The molecule has 7 aromatic carbocycles. The van der Waals surface area contributed by atoms with Crippen LogP contribution in [-0.2, 0) is 0 Å². The van der Waals surface area contributed by atoms with Crippen molar-refractivity contribution in [2.75, 3.05) is 4.90 Å². The molecule has 0 bridgehead atoms. The predicted molar refractivity (Wildman–Crippen MR) is 205 cm³/mol. The van der Waals surface area contributed by atoms with Gasteiger partial charge in [0, 0.05) is 79.5 Å². The molecule has 11 aromatic rings. The Morgan fingerprint density at radius 1 is 0.460 bits per heavy atom. The molecule has 4 aromatic heterocycles. The van der Waals surface area contributed by atoms with Crippen LogP contribution in [0.2, 0.25) is 0 Å². The highest BCUT2D eigenvalue weighted by Gasteiger charge is 2.19. The molecule has 11 rings (SSSR count). The highest BCUT2D eigenvalue weighted by Crippen LogP contribution is 2.43. The predicted octanol–water partition coefficient (Wildman–Crippen LogP) is 12.6. The van der Waals surface area contributed by atoms with E-state index in [4.69, 9.17) is 13.8 Å². The summed E-state index contributed by atoms with van der Waals surface area (Å²) < 4.78 is 15.3. The van der Waals surface area contributed by atoms with E-state index in [1.54, 1.807) is 0 Å². The molecule has 5 nitrogen and oxygen atoms in total. The van der Waals surface area contributed by atoms with Gasteiger partial charge in [0.25, 0.3) is 0 Å². The first kappa shape index (κ1) is 27.1. The highest BCUT2D eigenvalue weighted by atomic mass is 16.3. The quantitative estimate of drug-likeness (QED) is 0.192.